The van der Waals surface area contributed by atoms with Gasteiger partial charge in [-0.15, -0.1) is 0 Å². The zero-order valence-electron chi connectivity index (χ0n) is 14.3. The minimum absolute atomic E-state index is 0.593. The lowest BCUT2D eigenvalue weighted by Gasteiger charge is -2.21. The molecule has 2 aromatic rings. The molecule has 0 saturated heterocycles. The van der Waals surface area contributed by atoms with Crippen LogP contribution < -0.4 is 15.5 Å². The Morgan fingerprint density at radius 2 is 1.21 bits per heavy atom. The summed E-state index contributed by atoms with van der Waals surface area (Å²) in [6.45, 7) is 7.98. The SMILES string of the molecule is CCN(CC)c1ccc(NC(=O)C(=O)Nc2ccc(C)cc2)cc1. The topological polar surface area (TPSA) is 61.4 Å². The predicted octanol–water partition coefficient (Wildman–Crippen LogP) is 3.42. The molecule has 0 radical (unpaired) electrons. The van der Waals surface area contributed by atoms with E-state index in [0.29, 0.717) is 11.4 Å². The first-order chi connectivity index (χ1) is 11.5. The fourth-order valence-electron chi connectivity index (χ4n) is 2.36. The Labute approximate surface area is 142 Å². The van der Waals surface area contributed by atoms with Crippen molar-refractivity contribution in [2.75, 3.05) is 28.6 Å². The Hall–Kier alpha value is -2.82. The molecule has 5 heteroatoms. The Balaban J connectivity index is 1.96. The van der Waals surface area contributed by atoms with E-state index in [-0.39, 0.29) is 0 Å². The second-order valence-electron chi connectivity index (χ2n) is 5.49. The normalized spacial score (nSPS) is 10.1. The molecule has 2 amide bonds. The van der Waals surface area contributed by atoms with Gasteiger partial charge in [0.05, 0.1) is 0 Å². The van der Waals surface area contributed by atoms with Crippen LogP contribution in [0.25, 0.3) is 0 Å². The second-order valence-corrected chi connectivity index (χ2v) is 5.49. The van der Waals surface area contributed by atoms with Crippen LogP contribution in [0.3, 0.4) is 0 Å². The molecule has 0 atom stereocenters. The van der Waals surface area contributed by atoms with Gasteiger partial charge in [-0.05, 0) is 57.2 Å². The summed E-state index contributed by atoms with van der Waals surface area (Å²) in [4.78, 5) is 26.1. The van der Waals surface area contributed by atoms with Crippen molar-refractivity contribution in [2.45, 2.75) is 20.8 Å². The first-order valence-corrected chi connectivity index (χ1v) is 8.07. The molecular weight excluding hydrogens is 302 g/mol. The standard InChI is InChI=1S/C19H23N3O2/c1-4-22(5-2)17-12-10-16(11-13-17)21-19(24)18(23)20-15-8-6-14(3)7-9-15/h6-13H,4-5H2,1-3H3,(H,20,23)(H,21,24). The molecule has 0 bridgehead atoms. The molecule has 2 aromatic carbocycles. The highest BCUT2D eigenvalue weighted by molar-refractivity contribution is 6.43. The lowest BCUT2D eigenvalue weighted by atomic mass is 10.2. The van der Waals surface area contributed by atoms with Crippen LogP contribution in [0.5, 0.6) is 0 Å². The van der Waals surface area contributed by atoms with Crippen LogP contribution in [0.4, 0.5) is 17.1 Å². The van der Waals surface area contributed by atoms with E-state index in [1.807, 2.05) is 31.2 Å². The first kappa shape index (κ1) is 17.5. The van der Waals surface area contributed by atoms with E-state index in [2.05, 4.69) is 29.4 Å². The molecule has 0 heterocycles. The molecule has 0 saturated carbocycles. The zero-order chi connectivity index (χ0) is 17.5. The van der Waals surface area contributed by atoms with Crippen LogP contribution in [0.1, 0.15) is 19.4 Å². The van der Waals surface area contributed by atoms with Gasteiger partial charge in [0.25, 0.3) is 0 Å². The number of hydrogen-bond donors (Lipinski definition) is 2. The quantitative estimate of drug-likeness (QED) is 0.828. The highest BCUT2D eigenvalue weighted by Gasteiger charge is 2.14. The van der Waals surface area contributed by atoms with Crippen LogP contribution in [-0.4, -0.2) is 24.9 Å². The monoisotopic (exact) mass is 325 g/mol. The van der Waals surface area contributed by atoms with Gasteiger partial charge in [-0.1, -0.05) is 17.7 Å². The van der Waals surface area contributed by atoms with E-state index in [9.17, 15) is 9.59 Å². The van der Waals surface area contributed by atoms with Crippen molar-refractivity contribution < 1.29 is 9.59 Å². The summed E-state index contributed by atoms with van der Waals surface area (Å²) >= 11 is 0. The summed E-state index contributed by atoms with van der Waals surface area (Å²) in [5, 5.41) is 5.18. The number of amides is 2. The van der Waals surface area contributed by atoms with E-state index >= 15 is 0 Å². The van der Waals surface area contributed by atoms with Crippen LogP contribution in [0.15, 0.2) is 48.5 Å². The number of rotatable bonds is 5. The molecule has 0 aromatic heterocycles. The van der Waals surface area contributed by atoms with Crippen molar-refractivity contribution in [2.24, 2.45) is 0 Å². The Kier molecular flexibility index (Phi) is 5.95. The number of nitrogens with zero attached hydrogens (tertiary/aromatic N) is 1. The fourth-order valence-corrected chi connectivity index (χ4v) is 2.36. The van der Waals surface area contributed by atoms with Crippen molar-refractivity contribution in [3.63, 3.8) is 0 Å². The van der Waals surface area contributed by atoms with E-state index in [1.54, 1.807) is 24.3 Å². The molecule has 0 spiro atoms. The molecule has 126 valence electrons. The molecule has 2 rings (SSSR count). The van der Waals surface area contributed by atoms with Crippen molar-refractivity contribution in [1.82, 2.24) is 0 Å². The third-order valence-electron chi connectivity index (χ3n) is 3.77. The summed E-state index contributed by atoms with van der Waals surface area (Å²) in [5.41, 5.74) is 3.36. The number of nitrogens with one attached hydrogen (secondary N) is 2. The van der Waals surface area contributed by atoms with Gasteiger partial charge >= 0.3 is 11.8 Å². The van der Waals surface area contributed by atoms with Crippen LogP contribution in [-0.2, 0) is 9.59 Å². The lowest BCUT2D eigenvalue weighted by Crippen LogP contribution is -2.29. The van der Waals surface area contributed by atoms with Gasteiger partial charge in [-0.2, -0.15) is 0 Å². The van der Waals surface area contributed by atoms with Gasteiger partial charge in [0.2, 0.25) is 0 Å². The van der Waals surface area contributed by atoms with Gasteiger partial charge in [-0.3, -0.25) is 9.59 Å². The van der Waals surface area contributed by atoms with Gasteiger partial charge in [-0.25, -0.2) is 0 Å². The number of aryl methyl sites for hydroxylation is 1. The second kappa shape index (κ2) is 8.15. The summed E-state index contributed by atoms with van der Waals surface area (Å²) < 4.78 is 0. The molecule has 0 fully saturated rings. The number of benzene rings is 2. The molecule has 0 aliphatic heterocycles. The summed E-state index contributed by atoms with van der Waals surface area (Å²) in [6, 6.07) is 14.7. The third kappa shape index (κ3) is 4.59. The highest BCUT2D eigenvalue weighted by atomic mass is 16.2. The van der Waals surface area contributed by atoms with E-state index in [1.165, 1.54) is 0 Å². The summed E-state index contributed by atoms with van der Waals surface area (Å²) in [7, 11) is 0. The molecule has 0 aliphatic rings. The third-order valence-corrected chi connectivity index (χ3v) is 3.77. The van der Waals surface area contributed by atoms with E-state index in [0.717, 1.165) is 24.3 Å². The number of anilines is 3. The Morgan fingerprint density at radius 3 is 1.62 bits per heavy atom. The van der Waals surface area contributed by atoms with Gasteiger partial charge < -0.3 is 15.5 Å². The highest BCUT2D eigenvalue weighted by Crippen LogP contribution is 2.17. The maximum absolute atomic E-state index is 12.0. The maximum atomic E-state index is 12.0. The van der Waals surface area contributed by atoms with Crippen LogP contribution in [0.2, 0.25) is 0 Å². The van der Waals surface area contributed by atoms with Gasteiger partial charge in [0.15, 0.2) is 0 Å². The smallest absolute Gasteiger partial charge is 0.314 e. The zero-order valence-corrected chi connectivity index (χ0v) is 14.3. The average Bonchev–Trinajstić information content (AvgIpc) is 2.59. The van der Waals surface area contributed by atoms with Gasteiger partial charge in [0, 0.05) is 30.2 Å². The van der Waals surface area contributed by atoms with E-state index in [4.69, 9.17) is 0 Å². The van der Waals surface area contributed by atoms with Crippen LogP contribution in [0, 0.1) is 6.92 Å². The van der Waals surface area contributed by atoms with E-state index < -0.39 is 11.8 Å². The van der Waals surface area contributed by atoms with Crippen molar-refractivity contribution in [3.05, 3.63) is 54.1 Å². The van der Waals surface area contributed by atoms with Crippen molar-refractivity contribution in [1.29, 1.82) is 0 Å². The minimum atomic E-state index is -0.689. The molecule has 5 nitrogen and oxygen atoms in total. The Morgan fingerprint density at radius 1 is 0.792 bits per heavy atom. The maximum Gasteiger partial charge on any atom is 0.314 e. The van der Waals surface area contributed by atoms with Crippen molar-refractivity contribution >= 4 is 28.9 Å². The largest absolute Gasteiger partial charge is 0.372 e. The number of hydrogen-bond acceptors (Lipinski definition) is 3. The lowest BCUT2D eigenvalue weighted by molar-refractivity contribution is -0.132. The molecule has 24 heavy (non-hydrogen) atoms. The summed E-state index contributed by atoms with van der Waals surface area (Å²) in [5.74, 6) is -1.38. The van der Waals surface area contributed by atoms with Gasteiger partial charge in [0.1, 0.15) is 0 Å². The number of carbonyl (C=O) groups is 2. The molecule has 2 N–H and O–H groups in total. The Bertz CT molecular complexity index is 690. The predicted molar refractivity (Wildman–Crippen MR) is 98.4 cm³/mol. The molecular formula is C19H23N3O2. The minimum Gasteiger partial charge on any atom is -0.372 e. The first-order valence-electron chi connectivity index (χ1n) is 8.07. The van der Waals surface area contributed by atoms with Crippen molar-refractivity contribution in [3.8, 4) is 0 Å². The summed E-state index contributed by atoms with van der Waals surface area (Å²) in [6.07, 6.45) is 0. The average molecular weight is 325 g/mol. The fraction of sp³-hybridized carbons (Fsp3) is 0.263. The molecule has 0 unspecified atom stereocenters. The molecule has 0 aliphatic carbocycles. The number of carbonyl (C=O) groups excluding carboxylic acids is 2. The van der Waals surface area contributed by atoms with Crippen LogP contribution >= 0.6 is 0 Å².